The van der Waals surface area contributed by atoms with Gasteiger partial charge < -0.3 is 5.11 Å². The van der Waals surface area contributed by atoms with Gasteiger partial charge in [0.25, 0.3) is 0 Å². The fourth-order valence-corrected chi connectivity index (χ4v) is 2.33. The molecule has 0 aliphatic rings. The molecule has 0 saturated carbocycles. The van der Waals surface area contributed by atoms with E-state index in [0.717, 1.165) is 10.7 Å². The van der Waals surface area contributed by atoms with Crippen molar-refractivity contribution < 1.29 is 15.1 Å². The molecule has 2 rings (SSSR count). The Morgan fingerprint density at radius 3 is 2.04 bits per heavy atom. The van der Waals surface area contributed by atoms with Gasteiger partial charge in [0.15, 0.2) is 10.7 Å². The van der Waals surface area contributed by atoms with Crippen LogP contribution in [0.5, 0.6) is 5.75 Å². The van der Waals surface area contributed by atoms with Gasteiger partial charge >= 0.3 is 37.7 Å². The van der Waals surface area contributed by atoms with Crippen molar-refractivity contribution in [3.63, 3.8) is 0 Å². The second-order valence-corrected chi connectivity index (χ2v) is 7.22. The predicted octanol–water partition coefficient (Wildman–Crippen LogP) is -1.13. The van der Waals surface area contributed by atoms with Crippen molar-refractivity contribution in [1.29, 1.82) is 0 Å². The molecule has 0 bridgehead atoms. The smallest absolute Gasteiger partial charge is 0.871 e. The second-order valence-electron chi connectivity index (χ2n) is 7.22. The van der Waals surface area contributed by atoms with Gasteiger partial charge in [-0.1, -0.05) is 42.1 Å². The fourth-order valence-electron chi connectivity index (χ4n) is 2.33. The van der Waals surface area contributed by atoms with Crippen LogP contribution in [0.15, 0.2) is 65.7 Å². The van der Waals surface area contributed by atoms with Crippen molar-refractivity contribution in [3.8, 4) is 5.75 Å². The summed E-state index contributed by atoms with van der Waals surface area (Å²) in [6, 6.07) is 20.0. The molecule has 4 nitrogen and oxygen atoms in total. The van der Waals surface area contributed by atoms with E-state index in [9.17, 15) is 5.11 Å². The Morgan fingerprint density at radius 2 is 1.43 bits per heavy atom. The second kappa shape index (κ2) is 14.6. The third kappa shape index (κ3) is 11.5. The van der Waals surface area contributed by atoms with Gasteiger partial charge in [-0.3, -0.25) is 15.0 Å². The summed E-state index contributed by atoms with van der Waals surface area (Å²) in [5, 5.41) is 14.1. The number of hydrogen-bond donors (Lipinski definition) is 2. The molecular formula is C23H33CaN3O+2. The molecule has 28 heavy (non-hydrogen) atoms. The third-order valence-electron chi connectivity index (χ3n) is 3.30. The van der Waals surface area contributed by atoms with Gasteiger partial charge in [0.05, 0.1) is 0 Å². The Bertz CT molecular complexity index is 860. The van der Waals surface area contributed by atoms with Gasteiger partial charge in [-0.05, 0) is 47.6 Å². The zero-order chi connectivity index (χ0) is 20.2. The summed E-state index contributed by atoms with van der Waals surface area (Å²) in [5.41, 5.74) is 0. The summed E-state index contributed by atoms with van der Waals surface area (Å²) >= 11 is 0. The first kappa shape index (κ1) is 26.6. The molecule has 0 unspecified atom stereocenters. The van der Waals surface area contributed by atoms with E-state index in [-0.39, 0.29) is 49.5 Å². The maximum atomic E-state index is 11.3. The van der Waals surface area contributed by atoms with Crippen molar-refractivity contribution in [2.45, 2.75) is 59.7 Å². The van der Waals surface area contributed by atoms with E-state index in [4.69, 9.17) is 0 Å². The Hall–Kier alpha value is -1.36. The number of nitrogens with zero attached hydrogens (tertiary/aromatic N) is 1. The summed E-state index contributed by atoms with van der Waals surface area (Å²) in [6.07, 6.45) is 0. The molecule has 2 N–H and O–H groups in total. The molecule has 0 fully saturated rings. The van der Waals surface area contributed by atoms with Crippen LogP contribution in [0.1, 0.15) is 41.5 Å². The van der Waals surface area contributed by atoms with E-state index in [2.05, 4.69) is 66.9 Å². The van der Waals surface area contributed by atoms with Crippen LogP contribution < -0.4 is 31.2 Å². The van der Waals surface area contributed by atoms with E-state index in [1.165, 1.54) is 6.07 Å². The summed E-state index contributed by atoms with van der Waals surface area (Å²) in [4.78, 5) is 11.1. The molecule has 0 heterocycles. The van der Waals surface area contributed by atoms with Crippen LogP contribution in [0.4, 0.5) is 0 Å². The molecule has 0 atom stereocenters. The first-order valence-corrected chi connectivity index (χ1v) is 9.55. The fraction of sp³-hybridized carbons (Fsp3) is 0.391. The zero-order valence-corrected chi connectivity index (χ0v) is 20.3. The largest absolute Gasteiger partial charge is 2.00 e. The summed E-state index contributed by atoms with van der Waals surface area (Å²) in [7, 11) is 0. The number of rotatable bonds is 3. The Kier molecular flexibility index (Phi) is 13.9. The number of hydrogen-bond acceptors (Lipinski definition) is 2. The molecule has 0 spiro atoms. The van der Waals surface area contributed by atoms with Crippen LogP contribution in [0.25, 0.3) is 0 Å². The molecule has 0 aliphatic carbocycles. The van der Waals surface area contributed by atoms with Crippen LogP contribution in [0, 0.1) is 0 Å². The normalized spacial score (nSPS) is 12.7. The number of nitrogens with one attached hydrogen (secondary N) is 2. The van der Waals surface area contributed by atoms with Crippen molar-refractivity contribution in [3.05, 3.63) is 76.7 Å². The minimum absolute atomic E-state index is 0. The van der Waals surface area contributed by atoms with Crippen molar-refractivity contribution in [2.24, 2.45) is 4.99 Å². The average Bonchev–Trinajstić information content (AvgIpc) is 2.89. The molecule has 5 heteroatoms. The van der Waals surface area contributed by atoms with Crippen LogP contribution in [-0.4, -0.2) is 55.9 Å². The quantitative estimate of drug-likeness (QED) is 0.491. The third-order valence-corrected chi connectivity index (χ3v) is 3.30. The van der Waals surface area contributed by atoms with E-state index >= 15 is 0 Å². The van der Waals surface area contributed by atoms with Crippen molar-refractivity contribution >= 4 is 37.7 Å². The first-order chi connectivity index (χ1) is 12.8. The minimum Gasteiger partial charge on any atom is -0.871 e. The van der Waals surface area contributed by atoms with E-state index in [0.29, 0.717) is 17.4 Å². The topological polar surface area (TPSA) is 63.4 Å². The summed E-state index contributed by atoms with van der Waals surface area (Å²) in [6.45, 7) is 12.5. The minimum atomic E-state index is -0.0197. The van der Waals surface area contributed by atoms with Crippen LogP contribution in [-0.2, 0) is 0 Å². The van der Waals surface area contributed by atoms with Gasteiger partial charge in [0.2, 0.25) is 0 Å². The molecule has 0 aliphatic heterocycles. The van der Waals surface area contributed by atoms with Gasteiger partial charge in [-0.15, -0.1) is 6.07 Å². The SMILES string of the molecule is CC(C)N=c1cccccc1[O-].CC(C)[NH+]=c1cccc[cH-]c1=[NH+]C(C)C.[Ca+2]. The van der Waals surface area contributed by atoms with E-state index in [1.54, 1.807) is 12.1 Å². The maximum absolute atomic E-state index is 11.3. The molecule has 0 amide bonds. The van der Waals surface area contributed by atoms with Crippen molar-refractivity contribution in [2.75, 3.05) is 0 Å². The Morgan fingerprint density at radius 1 is 0.821 bits per heavy atom. The van der Waals surface area contributed by atoms with Gasteiger partial charge in [0, 0.05) is 11.4 Å². The van der Waals surface area contributed by atoms with Crippen LogP contribution >= 0.6 is 0 Å². The molecule has 0 saturated heterocycles. The zero-order valence-electron chi connectivity index (χ0n) is 18.1. The van der Waals surface area contributed by atoms with Gasteiger partial charge in [-0.2, -0.15) is 12.1 Å². The first-order valence-electron chi connectivity index (χ1n) is 9.55. The van der Waals surface area contributed by atoms with Gasteiger partial charge in [-0.25, -0.2) is 0 Å². The molecule has 0 radical (unpaired) electrons. The molecule has 2 aromatic carbocycles. The molecular weight excluding hydrogens is 374 g/mol. The maximum Gasteiger partial charge on any atom is 2.00 e. The Balaban J connectivity index is 0.000000514. The summed E-state index contributed by atoms with van der Waals surface area (Å²) in [5.74, 6) is -0.0197. The van der Waals surface area contributed by atoms with Crippen LogP contribution in [0.3, 0.4) is 0 Å². The van der Waals surface area contributed by atoms with Crippen LogP contribution in [0.2, 0.25) is 0 Å². The van der Waals surface area contributed by atoms with E-state index in [1.807, 2.05) is 32.0 Å². The van der Waals surface area contributed by atoms with E-state index < -0.39 is 0 Å². The monoisotopic (exact) mass is 407 g/mol. The Labute approximate surface area is 198 Å². The standard InChI is InChI=1S/C13H19N2.C10H13NO.Ca/c1-10(2)14-12-8-6-5-7-9-13(12)15-11(3)4;1-8(2)11-9-6-4-3-5-7-10(9)12;/h5-11H,1-4H3;3-8H,1-2H3,(H,11,12);/q-1;;+2/p+1. The molecule has 0 aromatic heterocycles. The molecule has 146 valence electrons. The van der Waals surface area contributed by atoms with Gasteiger partial charge in [0.1, 0.15) is 12.1 Å². The van der Waals surface area contributed by atoms with Crippen molar-refractivity contribution in [1.82, 2.24) is 0 Å². The summed E-state index contributed by atoms with van der Waals surface area (Å²) < 4.78 is 0. The molecule has 2 aromatic rings. The average molecular weight is 408 g/mol. The predicted molar refractivity (Wildman–Crippen MR) is 113 cm³/mol.